The quantitative estimate of drug-likeness (QED) is 0.807. The van der Waals surface area contributed by atoms with Gasteiger partial charge in [-0.15, -0.1) is 0 Å². The minimum Gasteiger partial charge on any atom is -0.224 e. The number of allylic oxidation sites excluding steroid dienone is 2. The van der Waals surface area contributed by atoms with Crippen molar-refractivity contribution in [3.8, 4) is 0 Å². The average molecular weight is 250 g/mol. The molecule has 0 fully saturated rings. The third-order valence-corrected chi connectivity index (χ3v) is 4.35. The molecule has 0 heterocycles. The normalized spacial score (nSPS) is 19.1. The largest absolute Gasteiger partial charge is 0.224 e. The van der Waals surface area contributed by atoms with Crippen LogP contribution in [0.1, 0.15) is 32.3 Å². The van der Waals surface area contributed by atoms with Crippen LogP contribution in [0.5, 0.6) is 0 Å². The lowest BCUT2D eigenvalue weighted by molar-refractivity contribution is 0.403. The Labute approximate surface area is 103 Å². The number of benzene rings is 1. The molecule has 0 aliphatic heterocycles. The number of hydrogen-bond donors (Lipinski definition) is 0. The highest BCUT2D eigenvalue weighted by molar-refractivity contribution is 7.90. The second-order valence-electron chi connectivity index (χ2n) is 5.57. The van der Waals surface area contributed by atoms with E-state index in [2.05, 4.69) is 19.9 Å². The van der Waals surface area contributed by atoms with Crippen molar-refractivity contribution in [3.05, 3.63) is 35.9 Å². The molecular formula is C14H18O2S. The SMILES string of the molecule is CC1(C)CC=C(c2ccc(S(C)(=O)=O)cc2)C1. The molecule has 1 aliphatic rings. The van der Waals surface area contributed by atoms with E-state index in [4.69, 9.17) is 0 Å². The van der Waals surface area contributed by atoms with Gasteiger partial charge in [0.05, 0.1) is 4.90 Å². The summed E-state index contributed by atoms with van der Waals surface area (Å²) in [6, 6.07) is 7.20. The monoisotopic (exact) mass is 250 g/mol. The first-order valence-corrected chi connectivity index (χ1v) is 7.67. The molecule has 3 heteroatoms. The first-order chi connectivity index (χ1) is 7.78. The standard InChI is InChI=1S/C14H18O2S/c1-14(2)9-8-12(10-14)11-4-6-13(7-5-11)17(3,15)16/h4-8H,9-10H2,1-3H3. The summed E-state index contributed by atoms with van der Waals surface area (Å²) >= 11 is 0. The molecule has 0 spiro atoms. The zero-order valence-electron chi connectivity index (χ0n) is 10.5. The highest BCUT2D eigenvalue weighted by atomic mass is 32.2. The molecule has 0 unspecified atom stereocenters. The molecule has 0 bridgehead atoms. The van der Waals surface area contributed by atoms with Crippen LogP contribution in [-0.2, 0) is 9.84 Å². The maximum absolute atomic E-state index is 11.4. The van der Waals surface area contributed by atoms with Gasteiger partial charge in [-0.2, -0.15) is 0 Å². The summed E-state index contributed by atoms with van der Waals surface area (Å²) in [6.07, 6.45) is 5.65. The predicted molar refractivity (Wildman–Crippen MR) is 70.5 cm³/mol. The zero-order valence-corrected chi connectivity index (χ0v) is 11.3. The minimum absolute atomic E-state index is 0.338. The second kappa shape index (κ2) is 3.98. The lowest BCUT2D eigenvalue weighted by Gasteiger charge is -2.16. The van der Waals surface area contributed by atoms with Crippen LogP contribution in [0.4, 0.5) is 0 Å². The summed E-state index contributed by atoms with van der Waals surface area (Å²) in [4.78, 5) is 0.388. The fourth-order valence-corrected chi connectivity index (χ4v) is 2.83. The van der Waals surface area contributed by atoms with Gasteiger partial charge in [-0.3, -0.25) is 0 Å². The van der Waals surface area contributed by atoms with E-state index in [0.717, 1.165) is 18.4 Å². The van der Waals surface area contributed by atoms with Crippen molar-refractivity contribution in [2.75, 3.05) is 6.26 Å². The van der Waals surface area contributed by atoms with Crippen LogP contribution in [-0.4, -0.2) is 14.7 Å². The van der Waals surface area contributed by atoms with Gasteiger partial charge in [-0.25, -0.2) is 8.42 Å². The van der Waals surface area contributed by atoms with Gasteiger partial charge in [0.15, 0.2) is 9.84 Å². The van der Waals surface area contributed by atoms with Crippen molar-refractivity contribution >= 4 is 15.4 Å². The Morgan fingerprint density at radius 1 is 1.12 bits per heavy atom. The van der Waals surface area contributed by atoms with E-state index >= 15 is 0 Å². The van der Waals surface area contributed by atoms with E-state index in [-0.39, 0.29) is 0 Å². The highest BCUT2D eigenvalue weighted by Gasteiger charge is 2.24. The van der Waals surface area contributed by atoms with E-state index in [9.17, 15) is 8.42 Å². The Balaban J connectivity index is 2.26. The molecule has 0 atom stereocenters. The molecule has 0 radical (unpaired) electrons. The van der Waals surface area contributed by atoms with Crippen LogP contribution >= 0.6 is 0 Å². The summed E-state index contributed by atoms with van der Waals surface area (Å²) < 4.78 is 22.7. The maximum atomic E-state index is 11.4. The van der Waals surface area contributed by atoms with Gasteiger partial charge < -0.3 is 0 Å². The first kappa shape index (κ1) is 12.4. The lowest BCUT2D eigenvalue weighted by Crippen LogP contribution is -2.04. The molecule has 0 aromatic heterocycles. The van der Waals surface area contributed by atoms with Crippen LogP contribution in [0, 0.1) is 5.41 Å². The molecule has 0 amide bonds. The summed E-state index contributed by atoms with van der Waals surface area (Å²) in [5.41, 5.74) is 2.81. The highest BCUT2D eigenvalue weighted by Crippen LogP contribution is 2.40. The molecule has 1 aliphatic carbocycles. The fraction of sp³-hybridized carbons (Fsp3) is 0.429. The molecule has 2 rings (SSSR count). The smallest absolute Gasteiger partial charge is 0.175 e. The molecule has 0 saturated carbocycles. The molecule has 17 heavy (non-hydrogen) atoms. The number of hydrogen-bond acceptors (Lipinski definition) is 2. The fourth-order valence-electron chi connectivity index (χ4n) is 2.20. The van der Waals surface area contributed by atoms with Crippen LogP contribution in [0.25, 0.3) is 5.57 Å². The molecule has 0 N–H and O–H groups in total. The van der Waals surface area contributed by atoms with Crippen molar-refractivity contribution < 1.29 is 8.42 Å². The molecule has 92 valence electrons. The Kier molecular flexibility index (Phi) is 2.90. The third-order valence-electron chi connectivity index (χ3n) is 3.22. The van der Waals surface area contributed by atoms with Gasteiger partial charge in [-0.05, 0) is 41.5 Å². The molecule has 0 saturated heterocycles. The average Bonchev–Trinajstić information content (AvgIpc) is 2.58. The molecule has 1 aromatic rings. The summed E-state index contributed by atoms with van der Waals surface area (Å²) in [6.45, 7) is 4.50. The first-order valence-electron chi connectivity index (χ1n) is 5.77. The lowest BCUT2D eigenvalue weighted by atomic mass is 9.88. The van der Waals surface area contributed by atoms with Gasteiger partial charge in [-0.1, -0.05) is 32.1 Å². The summed E-state index contributed by atoms with van der Waals surface area (Å²) in [5.74, 6) is 0. The van der Waals surface area contributed by atoms with E-state index in [1.807, 2.05) is 12.1 Å². The van der Waals surface area contributed by atoms with Gasteiger partial charge >= 0.3 is 0 Å². The Bertz CT molecular complexity index is 548. The van der Waals surface area contributed by atoms with E-state index in [1.165, 1.54) is 11.8 Å². The maximum Gasteiger partial charge on any atom is 0.175 e. The zero-order chi connectivity index (χ0) is 12.7. The minimum atomic E-state index is -3.09. The van der Waals surface area contributed by atoms with Gasteiger partial charge in [0.2, 0.25) is 0 Å². The van der Waals surface area contributed by atoms with Crippen molar-refractivity contribution in [1.82, 2.24) is 0 Å². The van der Waals surface area contributed by atoms with E-state index in [0.29, 0.717) is 10.3 Å². The van der Waals surface area contributed by atoms with Crippen LogP contribution in [0.2, 0.25) is 0 Å². The molecule has 1 aromatic carbocycles. The van der Waals surface area contributed by atoms with Crippen molar-refractivity contribution in [1.29, 1.82) is 0 Å². The second-order valence-corrected chi connectivity index (χ2v) is 7.59. The third kappa shape index (κ3) is 2.78. The molecule has 2 nitrogen and oxygen atoms in total. The number of rotatable bonds is 2. The van der Waals surface area contributed by atoms with E-state index in [1.54, 1.807) is 12.1 Å². The Morgan fingerprint density at radius 2 is 1.71 bits per heavy atom. The summed E-state index contributed by atoms with van der Waals surface area (Å²) in [5, 5.41) is 0. The van der Waals surface area contributed by atoms with Crippen molar-refractivity contribution in [2.45, 2.75) is 31.6 Å². The summed E-state index contributed by atoms with van der Waals surface area (Å²) in [7, 11) is -3.09. The Hall–Kier alpha value is -1.09. The Morgan fingerprint density at radius 3 is 2.12 bits per heavy atom. The van der Waals surface area contributed by atoms with Crippen molar-refractivity contribution in [3.63, 3.8) is 0 Å². The number of sulfone groups is 1. The van der Waals surface area contributed by atoms with Gasteiger partial charge in [0.25, 0.3) is 0 Å². The van der Waals surface area contributed by atoms with Crippen LogP contribution < -0.4 is 0 Å². The van der Waals surface area contributed by atoms with E-state index < -0.39 is 9.84 Å². The van der Waals surface area contributed by atoms with Crippen LogP contribution in [0.15, 0.2) is 35.2 Å². The molecular weight excluding hydrogens is 232 g/mol. The topological polar surface area (TPSA) is 34.1 Å². The van der Waals surface area contributed by atoms with Crippen molar-refractivity contribution in [2.24, 2.45) is 5.41 Å². The van der Waals surface area contributed by atoms with Gasteiger partial charge in [0, 0.05) is 6.26 Å². The van der Waals surface area contributed by atoms with Gasteiger partial charge in [0.1, 0.15) is 0 Å². The predicted octanol–water partition coefficient (Wildman–Crippen LogP) is 3.29. The van der Waals surface area contributed by atoms with Crippen LogP contribution in [0.3, 0.4) is 0 Å².